The van der Waals surface area contributed by atoms with E-state index < -0.39 is 11.5 Å². The smallest absolute Gasteiger partial charge is 0.247 e. The van der Waals surface area contributed by atoms with Gasteiger partial charge in [-0.2, -0.15) is 0 Å². The van der Waals surface area contributed by atoms with Crippen LogP contribution in [-0.4, -0.2) is 29.8 Å². The van der Waals surface area contributed by atoms with Gasteiger partial charge < -0.3 is 10.2 Å². The van der Waals surface area contributed by atoms with Crippen molar-refractivity contribution >= 4 is 23.4 Å². The fourth-order valence-electron chi connectivity index (χ4n) is 2.29. The topological polar surface area (TPSA) is 49.4 Å². The van der Waals surface area contributed by atoms with Crippen LogP contribution in [0.15, 0.2) is 24.3 Å². The Morgan fingerprint density at radius 2 is 1.90 bits per heavy atom. The van der Waals surface area contributed by atoms with Crippen molar-refractivity contribution in [3.63, 3.8) is 0 Å². The highest BCUT2D eigenvalue weighted by molar-refractivity contribution is 6.30. The van der Waals surface area contributed by atoms with E-state index in [1.807, 2.05) is 20.8 Å². The molecule has 5 heteroatoms. The summed E-state index contributed by atoms with van der Waals surface area (Å²) in [5.74, 6) is -0.163. The van der Waals surface area contributed by atoms with Gasteiger partial charge in [-0.3, -0.25) is 9.59 Å². The number of benzene rings is 1. The number of hydrogen-bond acceptors (Lipinski definition) is 2. The molecule has 0 spiro atoms. The minimum absolute atomic E-state index is 0.0210. The maximum Gasteiger partial charge on any atom is 0.247 e. The van der Waals surface area contributed by atoms with Gasteiger partial charge in [0.05, 0.1) is 0 Å². The van der Waals surface area contributed by atoms with E-state index in [1.165, 1.54) is 0 Å². The van der Waals surface area contributed by atoms with Crippen LogP contribution in [0.3, 0.4) is 0 Å². The molecule has 108 valence electrons. The first kappa shape index (κ1) is 14.9. The van der Waals surface area contributed by atoms with Crippen molar-refractivity contribution in [1.82, 2.24) is 10.2 Å². The molecule has 0 radical (unpaired) electrons. The minimum Gasteiger partial charge on any atom is -0.352 e. The monoisotopic (exact) mass is 294 g/mol. The molecule has 0 aliphatic carbocycles. The number of amides is 2. The van der Waals surface area contributed by atoms with E-state index in [9.17, 15) is 9.59 Å². The van der Waals surface area contributed by atoms with Crippen LogP contribution < -0.4 is 5.32 Å². The molecule has 2 amide bonds. The molecule has 1 aromatic rings. The Hall–Kier alpha value is -1.55. The fourth-order valence-corrected chi connectivity index (χ4v) is 2.42. The normalized spacial score (nSPS) is 19.7. The summed E-state index contributed by atoms with van der Waals surface area (Å²) in [6.07, 6.45) is 0. The summed E-state index contributed by atoms with van der Waals surface area (Å²) in [5, 5.41) is 3.43. The number of hydrogen-bond donors (Lipinski definition) is 1. The van der Waals surface area contributed by atoms with Crippen molar-refractivity contribution in [2.24, 2.45) is 5.41 Å². The number of nitrogens with one attached hydrogen (secondary N) is 1. The van der Waals surface area contributed by atoms with Crippen LogP contribution in [0.4, 0.5) is 0 Å². The molecule has 0 bridgehead atoms. The molecular formula is C15H19ClN2O2. The van der Waals surface area contributed by atoms with Crippen LogP contribution in [0.1, 0.15) is 32.4 Å². The Kier molecular flexibility index (Phi) is 4.04. The number of nitrogens with zero attached hydrogens (tertiary/aromatic N) is 1. The Balaban J connectivity index is 2.36. The third kappa shape index (κ3) is 2.96. The summed E-state index contributed by atoms with van der Waals surface area (Å²) >= 11 is 5.88. The molecule has 1 aliphatic heterocycles. The summed E-state index contributed by atoms with van der Waals surface area (Å²) in [5.41, 5.74) is 0.270. The van der Waals surface area contributed by atoms with Gasteiger partial charge in [0.1, 0.15) is 6.04 Å². The Bertz CT molecular complexity index is 520. The molecule has 1 aromatic carbocycles. The average Bonchev–Trinajstić information content (AvgIpc) is 2.38. The highest BCUT2D eigenvalue weighted by Gasteiger charge is 2.38. The third-order valence-corrected chi connectivity index (χ3v) is 3.55. The van der Waals surface area contributed by atoms with E-state index >= 15 is 0 Å². The summed E-state index contributed by atoms with van der Waals surface area (Å²) < 4.78 is 0. The molecule has 1 N–H and O–H groups in total. The zero-order valence-electron chi connectivity index (χ0n) is 11.9. The van der Waals surface area contributed by atoms with Crippen LogP contribution >= 0.6 is 11.6 Å². The fraction of sp³-hybridized carbons (Fsp3) is 0.467. The number of carbonyl (C=O) groups excluding carboxylic acids is 2. The highest BCUT2D eigenvalue weighted by Crippen LogP contribution is 2.29. The molecule has 4 nitrogen and oxygen atoms in total. The molecule has 1 saturated heterocycles. The predicted molar refractivity (Wildman–Crippen MR) is 78.4 cm³/mol. The second kappa shape index (κ2) is 5.44. The summed E-state index contributed by atoms with van der Waals surface area (Å²) in [6.45, 7) is 6.60. The summed E-state index contributed by atoms with van der Waals surface area (Å²) in [4.78, 5) is 26.4. The molecule has 1 fully saturated rings. The van der Waals surface area contributed by atoms with Gasteiger partial charge >= 0.3 is 0 Å². The molecular weight excluding hydrogens is 276 g/mol. The first-order valence-electron chi connectivity index (χ1n) is 6.65. The molecule has 1 aliphatic rings. The van der Waals surface area contributed by atoms with E-state index in [4.69, 9.17) is 11.6 Å². The second-order valence-corrected chi connectivity index (χ2v) is 6.43. The standard InChI is InChI=1S/C15H19ClN2O2/c1-15(2,3)14(20)18-9-8-17-13(19)12(18)10-4-6-11(16)7-5-10/h4-7,12H,8-9H2,1-3H3,(H,17,19). The number of carbonyl (C=O) groups is 2. The van der Waals surface area contributed by atoms with Crippen molar-refractivity contribution < 1.29 is 9.59 Å². The van der Waals surface area contributed by atoms with Gasteiger partial charge in [0.2, 0.25) is 11.8 Å². The van der Waals surface area contributed by atoms with Crippen LogP contribution in [0, 0.1) is 5.41 Å². The maximum atomic E-state index is 12.5. The lowest BCUT2D eigenvalue weighted by atomic mass is 9.92. The molecule has 0 saturated carbocycles. The predicted octanol–water partition coefficient (Wildman–Crippen LogP) is 2.39. The zero-order chi connectivity index (χ0) is 14.9. The number of halogens is 1. The minimum atomic E-state index is -0.576. The van der Waals surface area contributed by atoms with Gasteiger partial charge in [0.25, 0.3) is 0 Å². The Labute approximate surface area is 124 Å². The van der Waals surface area contributed by atoms with Crippen LogP contribution in [0.25, 0.3) is 0 Å². The summed E-state index contributed by atoms with van der Waals surface area (Å²) in [6, 6.07) is 6.48. The maximum absolute atomic E-state index is 12.5. The van der Waals surface area contributed by atoms with E-state index in [0.29, 0.717) is 18.1 Å². The van der Waals surface area contributed by atoms with Crippen LogP contribution in [0.2, 0.25) is 5.02 Å². The lowest BCUT2D eigenvalue weighted by Gasteiger charge is -2.38. The van der Waals surface area contributed by atoms with E-state index in [0.717, 1.165) is 5.56 Å². The SMILES string of the molecule is CC(C)(C)C(=O)N1CCNC(=O)C1c1ccc(Cl)cc1. The van der Waals surface area contributed by atoms with Crippen molar-refractivity contribution in [3.8, 4) is 0 Å². The molecule has 2 rings (SSSR count). The lowest BCUT2D eigenvalue weighted by Crippen LogP contribution is -2.54. The van der Waals surface area contributed by atoms with Crippen molar-refractivity contribution in [2.75, 3.05) is 13.1 Å². The van der Waals surface area contributed by atoms with Gasteiger partial charge in [-0.15, -0.1) is 0 Å². The molecule has 1 unspecified atom stereocenters. The molecule has 20 heavy (non-hydrogen) atoms. The van der Waals surface area contributed by atoms with Crippen molar-refractivity contribution in [2.45, 2.75) is 26.8 Å². The molecule has 1 atom stereocenters. The van der Waals surface area contributed by atoms with Gasteiger partial charge in [-0.05, 0) is 17.7 Å². The highest BCUT2D eigenvalue weighted by atomic mass is 35.5. The summed E-state index contributed by atoms with van der Waals surface area (Å²) in [7, 11) is 0. The largest absolute Gasteiger partial charge is 0.352 e. The van der Waals surface area contributed by atoms with E-state index in [-0.39, 0.29) is 11.8 Å². The van der Waals surface area contributed by atoms with Gasteiger partial charge in [-0.25, -0.2) is 0 Å². The van der Waals surface area contributed by atoms with Gasteiger partial charge in [-0.1, -0.05) is 44.5 Å². The Morgan fingerprint density at radius 3 is 2.45 bits per heavy atom. The van der Waals surface area contributed by atoms with Gasteiger partial charge in [0.15, 0.2) is 0 Å². The van der Waals surface area contributed by atoms with Crippen LogP contribution in [0.5, 0.6) is 0 Å². The zero-order valence-corrected chi connectivity index (χ0v) is 12.7. The quantitative estimate of drug-likeness (QED) is 0.864. The van der Waals surface area contributed by atoms with E-state index in [2.05, 4.69) is 5.32 Å². The average molecular weight is 295 g/mol. The van der Waals surface area contributed by atoms with Gasteiger partial charge in [0, 0.05) is 23.5 Å². The number of piperazine rings is 1. The number of rotatable bonds is 1. The third-order valence-electron chi connectivity index (χ3n) is 3.30. The molecule has 0 aromatic heterocycles. The lowest BCUT2D eigenvalue weighted by molar-refractivity contribution is -0.149. The van der Waals surface area contributed by atoms with Crippen molar-refractivity contribution in [3.05, 3.63) is 34.9 Å². The van der Waals surface area contributed by atoms with Crippen LogP contribution in [-0.2, 0) is 9.59 Å². The Morgan fingerprint density at radius 1 is 1.30 bits per heavy atom. The first-order valence-corrected chi connectivity index (χ1v) is 7.03. The second-order valence-electron chi connectivity index (χ2n) is 5.99. The molecule has 1 heterocycles. The van der Waals surface area contributed by atoms with E-state index in [1.54, 1.807) is 29.2 Å². The first-order chi connectivity index (χ1) is 9.30. The van der Waals surface area contributed by atoms with Crippen molar-refractivity contribution in [1.29, 1.82) is 0 Å².